The average Bonchev–Trinajstić information content (AvgIpc) is 2.52. The summed E-state index contributed by atoms with van der Waals surface area (Å²) in [7, 11) is 0. The second kappa shape index (κ2) is 9.84. The van der Waals surface area contributed by atoms with E-state index in [0.29, 0.717) is 0 Å². The highest BCUT2D eigenvalue weighted by Gasteiger charge is 2.16. The quantitative estimate of drug-likeness (QED) is 0.828. The molecule has 1 aromatic carbocycles. The van der Waals surface area contributed by atoms with Gasteiger partial charge in [-0.1, -0.05) is 25.1 Å². The van der Waals surface area contributed by atoms with Crippen LogP contribution in [0.1, 0.15) is 32.3 Å². The molecule has 1 aliphatic heterocycles. The van der Waals surface area contributed by atoms with Crippen molar-refractivity contribution in [3.63, 3.8) is 0 Å². The van der Waals surface area contributed by atoms with Crippen LogP contribution in [0.25, 0.3) is 0 Å². The number of nitrogens with zero attached hydrogens (tertiary/aromatic N) is 1. The van der Waals surface area contributed by atoms with E-state index in [9.17, 15) is 0 Å². The minimum absolute atomic E-state index is 0.744. The Balaban J connectivity index is 0.000000379. The molecule has 2 N–H and O–H groups in total. The van der Waals surface area contributed by atoms with Gasteiger partial charge in [-0.15, -0.1) is 0 Å². The number of carbonyl (C=O) groups is 2. The zero-order valence-corrected chi connectivity index (χ0v) is 13.7. The summed E-state index contributed by atoms with van der Waals surface area (Å²) in [5.74, 6) is -1.70. The summed E-state index contributed by atoms with van der Waals surface area (Å²) < 4.78 is 5.67. The first-order valence-electron chi connectivity index (χ1n) is 7.83. The maximum atomic E-state index is 9.10. The van der Waals surface area contributed by atoms with E-state index in [4.69, 9.17) is 24.5 Å². The van der Waals surface area contributed by atoms with Crippen molar-refractivity contribution in [3.8, 4) is 5.75 Å². The lowest BCUT2D eigenvalue weighted by molar-refractivity contribution is -0.159. The van der Waals surface area contributed by atoms with Gasteiger partial charge in [0, 0.05) is 12.1 Å². The summed E-state index contributed by atoms with van der Waals surface area (Å²) in [6.07, 6.45) is 2.66. The molecule has 0 radical (unpaired) electrons. The Bertz CT molecular complexity index is 497. The van der Waals surface area contributed by atoms with Gasteiger partial charge in [0.25, 0.3) is 0 Å². The SMILES string of the molecule is CCOc1ccccc1CN1CCC(C)CC1.O=C(O)C(=O)O. The van der Waals surface area contributed by atoms with Crippen molar-refractivity contribution < 1.29 is 24.5 Å². The van der Waals surface area contributed by atoms with Crippen LogP contribution < -0.4 is 4.74 Å². The number of benzene rings is 1. The van der Waals surface area contributed by atoms with Gasteiger partial charge in [-0.05, 0) is 44.8 Å². The number of aliphatic carboxylic acids is 2. The molecular formula is C17H25NO5. The number of rotatable bonds is 4. The molecule has 6 nitrogen and oxygen atoms in total. The highest BCUT2D eigenvalue weighted by atomic mass is 16.5. The lowest BCUT2D eigenvalue weighted by atomic mass is 9.99. The molecule has 0 unspecified atom stereocenters. The maximum Gasteiger partial charge on any atom is 0.414 e. The fraction of sp³-hybridized carbons (Fsp3) is 0.529. The van der Waals surface area contributed by atoms with Crippen molar-refractivity contribution in [2.45, 2.75) is 33.2 Å². The number of carboxylic acids is 2. The van der Waals surface area contributed by atoms with E-state index in [-0.39, 0.29) is 0 Å². The maximum absolute atomic E-state index is 9.10. The van der Waals surface area contributed by atoms with E-state index < -0.39 is 11.9 Å². The summed E-state index contributed by atoms with van der Waals surface area (Å²) in [6.45, 7) is 8.62. The van der Waals surface area contributed by atoms with Gasteiger partial charge in [0.1, 0.15) is 5.75 Å². The largest absolute Gasteiger partial charge is 0.494 e. The highest BCUT2D eigenvalue weighted by molar-refractivity contribution is 6.27. The third kappa shape index (κ3) is 7.15. The third-order valence-electron chi connectivity index (χ3n) is 3.73. The predicted molar refractivity (Wildman–Crippen MR) is 86.6 cm³/mol. The van der Waals surface area contributed by atoms with Crippen LogP contribution in [-0.4, -0.2) is 46.7 Å². The Labute approximate surface area is 136 Å². The van der Waals surface area contributed by atoms with Crippen molar-refractivity contribution in [2.24, 2.45) is 5.92 Å². The van der Waals surface area contributed by atoms with Crippen LogP contribution in [0.15, 0.2) is 24.3 Å². The molecule has 0 aliphatic carbocycles. The van der Waals surface area contributed by atoms with Crippen molar-refractivity contribution in [3.05, 3.63) is 29.8 Å². The second-order valence-corrected chi connectivity index (χ2v) is 5.61. The van der Waals surface area contributed by atoms with Crippen molar-refractivity contribution in [2.75, 3.05) is 19.7 Å². The van der Waals surface area contributed by atoms with E-state index in [1.807, 2.05) is 13.0 Å². The van der Waals surface area contributed by atoms with Gasteiger partial charge in [-0.3, -0.25) is 4.90 Å². The number of para-hydroxylation sites is 1. The Kier molecular flexibility index (Phi) is 8.11. The van der Waals surface area contributed by atoms with Crippen molar-refractivity contribution in [1.29, 1.82) is 0 Å². The van der Waals surface area contributed by atoms with E-state index in [0.717, 1.165) is 24.8 Å². The highest BCUT2D eigenvalue weighted by Crippen LogP contribution is 2.23. The molecule has 0 bridgehead atoms. The number of hydrogen-bond donors (Lipinski definition) is 2. The lowest BCUT2D eigenvalue weighted by Gasteiger charge is -2.30. The second-order valence-electron chi connectivity index (χ2n) is 5.61. The van der Waals surface area contributed by atoms with Gasteiger partial charge in [-0.2, -0.15) is 0 Å². The molecule has 1 fully saturated rings. The normalized spacial score (nSPS) is 15.4. The first-order valence-corrected chi connectivity index (χ1v) is 7.83. The molecule has 0 spiro atoms. The summed E-state index contributed by atoms with van der Waals surface area (Å²) in [4.78, 5) is 20.7. The van der Waals surface area contributed by atoms with Crippen LogP contribution >= 0.6 is 0 Å². The Morgan fingerprint density at radius 1 is 1.17 bits per heavy atom. The van der Waals surface area contributed by atoms with Crippen LogP contribution in [0.2, 0.25) is 0 Å². The number of ether oxygens (including phenoxy) is 1. The zero-order chi connectivity index (χ0) is 17.2. The van der Waals surface area contributed by atoms with Gasteiger partial charge in [0.15, 0.2) is 0 Å². The molecule has 1 aromatic rings. The van der Waals surface area contributed by atoms with Crippen LogP contribution in [0.4, 0.5) is 0 Å². The smallest absolute Gasteiger partial charge is 0.414 e. The zero-order valence-electron chi connectivity index (χ0n) is 13.7. The fourth-order valence-electron chi connectivity index (χ4n) is 2.39. The Morgan fingerprint density at radius 2 is 1.74 bits per heavy atom. The molecule has 1 saturated heterocycles. The van der Waals surface area contributed by atoms with E-state index in [1.165, 1.54) is 31.5 Å². The van der Waals surface area contributed by atoms with E-state index >= 15 is 0 Å². The molecule has 0 amide bonds. The van der Waals surface area contributed by atoms with Crippen LogP contribution in [0.3, 0.4) is 0 Å². The topological polar surface area (TPSA) is 87.1 Å². The minimum Gasteiger partial charge on any atom is -0.494 e. The van der Waals surface area contributed by atoms with Gasteiger partial charge >= 0.3 is 11.9 Å². The molecule has 6 heteroatoms. The molecule has 128 valence electrons. The minimum atomic E-state index is -1.82. The van der Waals surface area contributed by atoms with Gasteiger partial charge in [0.05, 0.1) is 6.61 Å². The van der Waals surface area contributed by atoms with Gasteiger partial charge in [-0.25, -0.2) is 9.59 Å². The molecule has 2 rings (SSSR count). The van der Waals surface area contributed by atoms with Crippen molar-refractivity contribution in [1.82, 2.24) is 4.90 Å². The van der Waals surface area contributed by atoms with Gasteiger partial charge < -0.3 is 14.9 Å². The molecular weight excluding hydrogens is 298 g/mol. The van der Waals surface area contributed by atoms with Crippen molar-refractivity contribution >= 4 is 11.9 Å². The predicted octanol–water partition coefficient (Wildman–Crippen LogP) is 2.47. The van der Waals surface area contributed by atoms with Crippen LogP contribution in [-0.2, 0) is 16.1 Å². The summed E-state index contributed by atoms with van der Waals surface area (Å²) >= 11 is 0. The monoisotopic (exact) mass is 323 g/mol. The summed E-state index contributed by atoms with van der Waals surface area (Å²) in [6, 6.07) is 8.41. The first-order chi connectivity index (χ1) is 10.9. The summed E-state index contributed by atoms with van der Waals surface area (Å²) in [5, 5.41) is 14.8. The molecule has 23 heavy (non-hydrogen) atoms. The number of likely N-dealkylation sites (tertiary alicyclic amines) is 1. The lowest BCUT2D eigenvalue weighted by Crippen LogP contribution is -2.32. The Hall–Kier alpha value is -2.08. The first kappa shape index (κ1) is 19.0. The van der Waals surface area contributed by atoms with Crippen LogP contribution in [0.5, 0.6) is 5.75 Å². The number of hydrogen-bond acceptors (Lipinski definition) is 4. The van der Waals surface area contributed by atoms with Gasteiger partial charge in [0.2, 0.25) is 0 Å². The molecule has 1 heterocycles. The van der Waals surface area contributed by atoms with E-state index in [2.05, 4.69) is 30.0 Å². The molecule has 0 atom stereocenters. The molecule has 0 saturated carbocycles. The van der Waals surface area contributed by atoms with Crippen LogP contribution in [0, 0.1) is 5.92 Å². The Morgan fingerprint density at radius 3 is 2.26 bits per heavy atom. The summed E-state index contributed by atoms with van der Waals surface area (Å²) in [5.41, 5.74) is 1.32. The average molecular weight is 323 g/mol. The standard InChI is InChI=1S/C15H23NO.C2H2O4/c1-3-17-15-7-5-4-6-14(15)12-16-10-8-13(2)9-11-16;3-1(4)2(5)6/h4-7,13H,3,8-12H2,1-2H3;(H,3,4)(H,5,6). The molecule has 1 aliphatic rings. The molecule has 0 aromatic heterocycles. The number of carboxylic acid groups (broad SMARTS) is 2. The van der Waals surface area contributed by atoms with E-state index in [1.54, 1.807) is 0 Å². The fourth-order valence-corrected chi connectivity index (χ4v) is 2.39. The number of piperidine rings is 1. The third-order valence-corrected chi connectivity index (χ3v) is 3.73.